The predicted octanol–water partition coefficient (Wildman–Crippen LogP) is 3.82. The summed E-state index contributed by atoms with van der Waals surface area (Å²) in [5.41, 5.74) is 1.87. The Balaban J connectivity index is 1.85. The van der Waals surface area contributed by atoms with Gasteiger partial charge < -0.3 is 20.8 Å². The summed E-state index contributed by atoms with van der Waals surface area (Å²) in [6, 6.07) is 20.8. The maximum absolute atomic E-state index is 13.0. The molecule has 3 rings (SSSR count). The zero-order valence-corrected chi connectivity index (χ0v) is 15.2. The van der Waals surface area contributed by atoms with Crippen molar-refractivity contribution in [1.29, 1.82) is 0 Å². The van der Waals surface area contributed by atoms with Gasteiger partial charge in [0, 0.05) is 16.9 Å². The molecule has 3 aromatic rings. The quantitative estimate of drug-likeness (QED) is 0.341. The molecule has 7 heteroatoms. The SMILES string of the molecule is O=C(O)c1ccc(NC(Nc2ccc(C(=O)O)cc2)C(=O)c2ccccc2)cc1. The van der Waals surface area contributed by atoms with Crippen molar-refractivity contribution in [2.75, 3.05) is 10.6 Å². The van der Waals surface area contributed by atoms with Crippen molar-refractivity contribution >= 4 is 29.1 Å². The highest BCUT2D eigenvalue weighted by Gasteiger charge is 2.20. The van der Waals surface area contributed by atoms with E-state index in [9.17, 15) is 14.4 Å². The van der Waals surface area contributed by atoms with Gasteiger partial charge in [-0.1, -0.05) is 30.3 Å². The molecule has 3 aromatic carbocycles. The lowest BCUT2D eigenvalue weighted by Gasteiger charge is -2.21. The van der Waals surface area contributed by atoms with E-state index in [0.717, 1.165) is 0 Å². The van der Waals surface area contributed by atoms with Crippen LogP contribution in [0.3, 0.4) is 0 Å². The van der Waals surface area contributed by atoms with Crippen molar-refractivity contribution in [3.05, 3.63) is 95.6 Å². The van der Waals surface area contributed by atoms with E-state index >= 15 is 0 Å². The number of hydrogen-bond acceptors (Lipinski definition) is 5. The molecule has 0 saturated heterocycles. The van der Waals surface area contributed by atoms with E-state index in [2.05, 4.69) is 10.6 Å². The van der Waals surface area contributed by atoms with E-state index in [1.807, 2.05) is 6.07 Å². The average Bonchev–Trinajstić information content (AvgIpc) is 2.74. The van der Waals surface area contributed by atoms with Gasteiger partial charge in [0.2, 0.25) is 5.78 Å². The molecular formula is C22H18N2O5. The zero-order chi connectivity index (χ0) is 20.8. The highest BCUT2D eigenvalue weighted by Crippen LogP contribution is 2.17. The molecule has 0 spiro atoms. The third kappa shape index (κ3) is 4.98. The summed E-state index contributed by atoms with van der Waals surface area (Å²) in [5, 5.41) is 24.2. The van der Waals surface area contributed by atoms with Crippen LogP contribution < -0.4 is 10.6 Å². The van der Waals surface area contributed by atoms with Gasteiger partial charge in [0.25, 0.3) is 0 Å². The van der Waals surface area contributed by atoms with E-state index in [4.69, 9.17) is 10.2 Å². The largest absolute Gasteiger partial charge is 0.478 e. The molecule has 0 aliphatic heterocycles. The van der Waals surface area contributed by atoms with Crippen LogP contribution in [0.15, 0.2) is 78.9 Å². The molecule has 146 valence electrons. The number of aromatic carboxylic acids is 2. The number of carboxylic acids is 2. The molecule has 0 aliphatic carbocycles. The third-order valence-corrected chi connectivity index (χ3v) is 4.21. The van der Waals surface area contributed by atoms with E-state index in [0.29, 0.717) is 16.9 Å². The number of nitrogens with one attached hydrogen (secondary N) is 2. The number of hydrogen-bond donors (Lipinski definition) is 4. The lowest BCUT2D eigenvalue weighted by molar-refractivity contribution is 0.0686. The van der Waals surface area contributed by atoms with E-state index in [1.54, 1.807) is 48.5 Å². The normalized spacial score (nSPS) is 10.4. The number of Topliss-reactive ketones (excluding diaryl/α,β-unsaturated/α-hetero) is 1. The number of ketones is 1. The topological polar surface area (TPSA) is 116 Å². The van der Waals surface area contributed by atoms with Crippen LogP contribution in [0.5, 0.6) is 0 Å². The number of benzene rings is 3. The summed E-state index contributed by atoms with van der Waals surface area (Å²) in [5.74, 6) is -2.30. The second kappa shape index (κ2) is 8.71. The van der Waals surface area contributed by atoms with Crippen LogP contribution in [-0.2, 0) is 0 Å². The molecule has 0 aromatic heterocycles. The maximum atomic E-state index is 13.0. The van der Waals surface area contributed by atoms with Gasteiger partial charge >= 0.3 is 11.9 Å². The molecule has 29 heavy (non-hydrogen) atoms. The van der Waals surface area contributed by atoms with Crippen LogP contribution >= 0.6 is 0 Å². The van der Waals surface area contributed by atoms with Crippen molar-refractivity contribution in [1.82, 2.24) is 0 Å². The van der Waals surface area contributed by atoms with Crippen LogP contribution in [0.1, 0.15) is 31.1 Å². The Morgan fingerprint density at radius 3 is 1.38 bits per heavy atom. The molecule has 7 nitrogen and oxygen atoms in total. The molecule has 4 N–H and O–H groups in total. The minimum atomic E-state index is -1.04. The summed E-state index contributed by atoms with van der Waals surface area (Å²) < 4.78 is 0. The van der Waals surface area contributed by atoms with Gasteiger partial charge in [-0.15, -0.1) is 0 Å². The van der Waals surface area contributed by atoms with Gasteiger partial charge in [0.15, 0.2) is 6.17 Å². The van der Waals surface area contributed by atoms with Crippen LogP contribution in [0, 0.1) is 0 Å². The Morgan fingerprint density at radius 2 is 1.00 bits per heavy atom. The number of carbonyl (C=O) groups is 3. The fraction of sp³-hybridized carbons (Fsp3) is 0.0455. The molecular weight excluding hydrogens is 372 g/mol. The van der Waals surface area contributed by atoms with Crippen LogP contribution in [0.25, 0.3) is 0 Å². The minimum Gasteiger partial charge on any atom is -0.478 e. The average molecular weight is 390 g/mol. The fourth-order valence-electron chi connectivity index (χ4n) is 2.69. The number of rotatable bonds is 8. The zero-order valence-electron chi connectivity index (χ0n) is 15.2. The Bertz CT molecular complexity index is 956. The highest BCUT2D eigenvalue weighted by molar-refractivity contribution is 6.03. The Labute approximate surface area is 166 Å². The summed E-state index contributed by atoms with van der Waals surface area (Å²) in [6.45, 7) is 0. The smallest absolute Gasteiger partial charge is 0.335 e. The maximum Gasteiger partial charge on any atom is 0.335 e. The first kappa shape index (κ1) is 19.6. The van der Waals surface area contributed by atoms with Gasteiger partial charge in [-0.3, -0.25) is 4.79 Å². The lowest BCUT2D eigenvalue weighted by atomic mass is 10.1. The fourth-order valence-corrected chi connectivity index (χ4v) is 2.69. The van der Waals surface area contributed by atoms with Gasteiger partial charge in [-0.05, 0) is 48.5 Å². The van der Waals surface area contributed by atoms with E-state index in [-0.39, 0.29) is 16.9 Å². The molecule has 0 unspecified atom stereocenters. The Hall–Kier alpha value is -4.13. The summed E-state index contributed by atoms with van der Waals surface area (Å²) in [4.78, 5) is 35.0. The molecule has 0 radical (unpaired) electrons. The van der Waals surface area contributed by atoms with Gasteiger partial charge in [0.05, 0.1) is 11.1 Å². The van der Waals surface area contributed by atoms with Gasteiger partial charge in [-0.2, -0.15) is 0 Å². The second-order valence-corrected chi connectivity index (χ2v) is 6.22. The number of anilines is 2. The Kier molecular flexibility index (Phi) is 5.89. The van der Waals surface area contributed by atoms with Crippen molar-refractivity contribution in [3.8, 4) is 0 Å². The first-order valence-electron chi connectivity index (χ1n) is 8.73. The first-order valence-corrected chi connectivity index (χ1v) is 8.73. The molecule has 0 amide bonds. The van der Waals surface area contributed by atoms with E-state index in [1.165, 1.54) is 24.3 Å². The first-order chi connectivity index (χ1) is 13.9. The molecule has 0 saturated carbocycles. The Morgan fingerprint density at radius 1 is 0.586 bits per heavy atom. The van der Waals surface area contributed by atoms with Crippen molar-refractivity contribution in [2.45, 2.75) is 6.17 Å². The third-order valence-electron chi connectivity index (χ3n) is 4.21. The van der Waals surface area contributed by atoms with Crippen molar-refractivity contribution < 1.29 is 24.6 Å². The lowest BCUT2D eigenvalue weighted by Crippen LogP contribution is -2.37. The molecule has 0 aliphatic rings. The standard InChI is InChI=1S/C22H18N2O5/c25-19(14-4-2-1-3-5-14)20(23-17-10-6-15(7-11-17)21(26)27)24-18-12-8-16(9-13-18)22(28)29/h1-13,20,23-24H,(H,26,27)(H,28,29). The molecule has 0 fully saturated rings. The van der Waals surface area contributed by atoms with Gasteiger partial charge in [-0.25, -0.2) is 9.59 Å². The molecule has 0 atom stereocenters. The highest BCUT2D eigenvalue weighted by atomic mass is 16.4. The number of carboxylic acid groups (broad SMARTS) is 2. The number of carbonyl (C=O) groups excluding carboxylic acids is 1. The van der Waals surface area contributed by atoms with E-state index < -0.39 is 18.1 Å². The molecule has 0 bridgehead atoms. The van der Waals surface area contributed by atoms with Crippen molar-refractivity contribution in [2.24, 2.45) is 0 Å². The second-order valence-electron chi connectivity index (χ2n) is 6.22. The monoisotopic (exact) mass is 390 g/mol. The summed E-state index contributed by atoms with van der Waals surface area (Å²) in [6.07, 6.45) is -0.858. The van der Waals surface area contributed by atoms with Crippen LogP contribution in [0.2, 0.25) is 0 Å². The summed E-state index contributed by atoms with van der Waals surface area (Å²) >= 11 is 0. The molecule has 0 heterocycles. The summed E-state index contributed by atoms with van der Waals surface area (Å²) in [7, 11) is 0. The van der Waals surface area contributed by atoms with Crippen LogP contribution in [0.4, 0.5) is 11.4 Å². The van der Waals surface area contributed by atoms with Crippen molar-refractivity contribution in [3.63, 3.8) is 0 Å². The van der Waals surface area contributed by atoms with Crippen LogP contribution in [-0.4, -0.2) is 34.1 Å². The minimum absolute atomic E-state index is 0.138. The van der Waals surface area contributed by atoms with Gasteiger partial charge in [0.1, 0.15) is 0 Å². The predicted molar refractivity (Wildman–Crippen MR) is 109 cm³/mol.